The maximum Gasteiger partial charge on any atom is 0.253 e. The van der Waals surface area contributed by atoms with Crippen molar-refractivity contribution in [2.45, 2.75) is 45.6 Å². The SMILES string of the molecule is CC(C)c1cc(=O)n(CC2CCN(CCN3CCNC(=O)CC3)CC2)cn1. The molecule has 1 amide bonds. The normalized spacial score (nSPS) is 20.6. The van der Waals surface area contributed by atoms with E-state index in [4.69, 9.17) is 0 Å². The van der Waals surface area contributed by atoms with Gasteiger partial charge in [0.05, 0.1) is 12.0 Å². The Bertz CT molecular complexity index is 679. The lowest BCUT2D eigenvalue weighted by atomic mass is 9.96. The maximum absolute atomic E-state index is 12.3. The summed E-state index contributed by atoms with van der Waals surface area (Å²) < 4.78 is 1.77. The van der Waals surface area contributed by atoms with Crippen LogP contribution < -0.4 is 10.9 Å². The van der Waals surface area contributed by atoms with Crippen LogP contribution in [0, 0.1) is 5.92 Å². The van der Waals surface area contributed by atoms with E-state index in [0.717, 1.165) is 70.9 Å². The average molecular weight is 376 g/mol. The quantitative estimate of drug-likeness (QED) is 0.800. The van der Waals surface area contributed by atoms with Crippen molar-refractivity contribution in [1.82, 2.24) is 24.7 Å². The van der Waals surface area contributed by atoms with Crippen molar-refractivity contribution in [3.63, 3.8) is 0 Å². The zero-order valence-corrected chi connectivity index (χ0v) is 16.7. The van der Waals surface area contributed by atoms with Gasteiger partial charge < -0.3 is 10.2 Å². The molecule has 150 valence electrons. The van der Waals surface area contributed by atoms with Gasteiger partial charge >= 0.3 is 0 Å². The van der Waals surface area contributed by atoms with E-state index in [1.807, 2.05) is 0 Å². The number of hydrogen-bond donors (Lipinski definition) is 1. The molecule has 2 saturated heterocycles. The summed E-state index contributed by atoms with van der Waals surface area (Å²) in [6, 6.07) is 1.68. The molecule has 1 aromatic rings. The topological polar surface area (TPSA) is 70.5 Å². The van der Waals surface area contributed by atoms with Crippen molar-refractivity contribution in [3.8, 4) is 0 Å². The summed E-state index contributed by atoms with van der Waals surface area (Å²) in [5, 5.41) is 2.93. The molecule has 1 N–H and O–H groups in total. The summed E-state index contributed by atoms with van der Waals surface area (Å²) >= 11 is 0. The van der Waals surface area contributed by atoms with Crippen LogP contribution in [0.3, 0.4) is 0 Å². The first-order valence-electron chi connectivity index (χ1n) is 10.3. The van der Waals surface area contributed by atoms with Crippen LogP contribution in [0.4, 0.5) is 0 Å². The molecule has 0 aromatic carbocycles. The van der Waals surface area contributed by atoms with Gasteiger partial charge in [0.2, 0.25) is 5.91 Å². The van der Waals surface area contributed by atoms with Gasteiger partial charge in [-0.25, -0.2) is 4.98 Å². The first-order chi connectivity index (χ1) is 13.0. The van der Waals surface area contributed by atoms with Crippen LogP contribution in [0.5, 0.6) is 0 Å². The summed E-state index contributed by atoms with van der Waals surface area (Å²) in [5.74, 6) is 1.00. The van der Waals surface area contributed by atoms with Gasteiger partial charge in [-0.3, -0.25) is 19.1 Å². The number of rotatable bonds is 6. The third-order valence-corrected chi connectivity index (χ3v) is 5.79. The molecular weight excluding hydrogens is 342 g/mol. The van der Waals surface area contributed by atoms with Gasteiger partial charge in [0.1, 0.15) is 0 Å². The molecule has 3 heterocycles. The number of carbonyl (C=O) groups is 1. The summed E-state index contributed by atoms with van der Waals surface area (Å²) in [6.07, 6.45) is 4.58. The number of nitrogens with one attached hydrogen (secondary N) is 1. The smallest absolute Gasteiger partial charge is 0.253 e. The Labute approximate surface area is 161 Å². The minimum absolute atomic E-state index is 0.0699. The van der Waals surface area contributed by atoms with E-state index >= 15 is 0 Å². The highest BCUT2D eigenvalue weighted by molar-refractivity contribution is 5.76. The number of amides is 1. The van der Waals surface area contributed by atoms with Gasteiger partial charge in [-0.15, -0.1) is 0 Å². The largest absolute Gasteiger partial charge is 0.355 e. The molecule has 0 radical (unpaired) electrons. The maximum atomic E-state index is 12.3. The average Bonchev–Trinajstić information content (AvgIpc) is 2.87. The Balaban J connectivity index is 1.41. The van der Waals surface area contributed by atoms with Crippen molar-refractivity contribution in [2.24, 2.45) is 5.92 Å². The highest BCUT2D eigenvalue weighted by Crippen LogP contribution is 2.18. The Morgan fingerprint density at radius 1 is 1.11 bits per heavy atom. The van der Waals surface area contributed by atoms with Crippen LogP contribution in [0.15, 0.2) is 17.2 Å². The third-order valence-electron chi connectivity index (χ3n) is 5.79. The molecule has 7 nitrogen and oxygen atoms in total. The van der Waals surface area contributed by atoms with Crippen molar-refractivity contribution in [2.75, 3.05) is 45.8 Å². The summed E-state index contributed by atoms with van der Waals surface area (Å²) in [4.78, 5) is 33.0. The van der Waals surface area contributed by atoms with Crippen molar-refractivity contribution < 1.29 is 4.79 Å². The molecule has 0 bridgehead atoms. The summed E-state index contributed by atoms with van der Waals surface area (Å²) in [5.41, 5.74) is 0.942. The minimum Gasteiger partial charge on any atom is -0.355 e. The van der Waals surface area contributed by atoms with Crippen molar-refractivity contribution in [3.05, 3.63) is 28.4 Å². The first kappa shape index (κ1) is 20.0. The highest BCUT2D eigenvalue weighted by atomic mass is 16.1. The fourth-order valence-electron chi connectivity index (χ4n) is 3.88. The monoisotopic (exact) mass is 375 g/mol. The predicted octanol–water partition coefficient (Wildman–Crippen LogP) is 0.901. The molecule has 0 atom stereocenters. The van der Waals surface area contributed by atoms with Gasteiger partial charge in [0.15, 0.2) is 0 Å². The Kier molecular flexibility index (Phi) is 7.01. The third kappa shape index (κ3) is 5.87. The van der Waals surface area contributed by atoms with Crippen LogP contribution in [-0.4, -0.2) is 71.1 Å². The second-order valence-electron chi connectivity index (χ2n) is 8.19. The van der Waals surface area contributed by atoms with E-state index in [-0.39, 0.29) is 17.4 Å². The molecule has 2 aliphatic rings. The summed E-state index contributed by atoms with van der Waals surface area (Å²) in [6.45, 7) is 11.7. The Morgan fingerprint density at radius 3 is 2.48 bits per heavy atom. The van der Waals surface area contributed by atoms with Gasteiger partial charge in [-0.1, -0.05) is 13.8 Å². The molecule has 3 rings (SSSR count). The molecule has 2 fully saturated rings. The zero-order valence-electron chi connectivity index (χ0n) is 16.7. The molecule has 7 heteroatoms. The predicted molar refractivity (Wildman–Crippen MR) is 106 cm³/mol. The number of carbonyl (C=O) groups excluding carboxylic acids is 1. The van der Waals surface area contributed by atoms with Gasteiger partial charge in [-0.05, 0) is 37.8 Å². The van der Waals surface area contributed by atoms with E-state index in [0.29, 0.717) is 12.3 Å². The van der Waals surface area contributed by atoms with Gasteiger partial charge in [-0.2, -0.15) is 0 Å². The van der Waals surface area contributed by atoms with Crippen LogP contribution in [0.1, 0.15) is 44.7 Å². The van der Waals surface area contributed by atoms with Gasteiger partial charge in [0.25, 0.3) is 5.56 Å². The number of aromatic nitrogens is 2. The molecule has 0 saturated carbocycles. The molecular formula is C20H33N5O2. The minimum atomic E-state index is 0.0699. The van der Waals surface area contributed by atoms with E-state index < -0.39 is 0 Å². The molecule has 2 aliphatic heterocycles. The second kappa shape index (κ2) is 9.46. The lowest BCUT2D eigenvalue weighted by molar-refractivity contribution is -0.120. The van der Waals surface area contributed by atoms with E-state index in [1.54, 1.807) is 17.0 Å². The van der Waals surface area contributed by atoms with Crippen molar-refractivity contribution in [1.29, 1.82) is 0 Å². The lowest BCUT2D eigenvalue weighted by Crippen LogP contribution is -2.41. The fraction of sp³-hybridized carbons (Fsp3) is 0.750. The Morgan fingerprint density at radius 2 is 1.81 bits per heavy atom. The highest BCUT2D eigenvalue weighted by Gasteiger charge is 2.21. The standard InChI is InChI=1S/C20H33N5O2/c1-16(2)18-13-20(27)25(15-22-18)14-17-3-7-23(8-4-17)11-12-24-9-5-19(26)21-6-10-24/h13,15-17H,3-12,14H2,1-2H3,(H,21,26). The fourth-order valence-corrected chi connectivity index (χ4v) is 3.88. The van der Waals surface area contributed by atoms with Crippen LogP contribution in [-0.2, 0) is 11.3 Å². The number of likely N-dealkylation sites (tertiary alicyclic amines) is 1. The van der Waals surface area contributed by atoms with E-state index in [9.17, 15) is 9.59 Å². The summed E-state index contributed by atoms with van der Waals surface area (Å²) in [7, 11) is 0. The second-order valence-corrected chi connectivity index (χ2v) is 8.19. The van der Waals surface area contributed by atoms with E-state index in [1.165, 1.54) is 0 Å². The van der Waals surface area contributed by atoms with Crippen molar-refractivity contribution >= 4 is 5.91 Å². The molecule has 1 aromatic heterocycles. The van der Waals surface area contributed by atoms with Crippen LogP contribution >= 0.6 is 0 Å². The molecule has 0 aliphatic carbocycles. The first-order valence-corrected chi connectivity index (χ1v) is 10.3. The van der Waals surface area contributed by atoms with Crippen LogP contribution in [0.2, 0.25) is 0 Å². The van der Waals surface area contributed by atoms with Gasteiger partial charge in [0, 0.05) is 51.8 Å². The Hall–Kier alpha value is -1.73. The van der Waals surface area contributed by atoms with Crippen LogP contribution in [0.25, 0.3) is 0 Å². The van der Waals surface area contributed by atoms with E-state index in [2.05, 4.69) is 33.9 Å². The molecule has 0 spiro atoms. The zero-order chi connectivity index (χ0) is 19.2. The number of piperidine rings is 1. The molecule has 0 unspecified atom stereocenters. The number of nitrogens with zero attached hydrogens (tertiary/aromatic N) is 4. The number of hydrogen-bond acceptors (Lipinski definition) is 5. The molecule has 27 heavy (non-hydrogen) atoms. The lowest BCUT2D eigenvalue weighted by Gasteiger charge is -2.33.